The molecular weight excluding hydrogens is 220 g/mol. The molecule has 2 nitrogen and oxygen atoms in total. The molecule has 1 atom stereocenters. The van der Waals surface area contributed by atoms with Crippen LogP contribution >= 0.6 is 0 Å². The maximum Gasteiger partial charge on any atom is 0.0252 e. The largest absolute Gasteiger partial charge is 0.309 e. The Morgan fingerprint density at radius 2 is 2.00 bits per heavy atom. The highest BCUT2D eigenvalue weighted by Gasteiger charge is 2.31. The lowest BCUT2D eigenvalue weighted by Crippen LogP contribution is -2.60. The van der Waals surface area contributed by atoms with Crippen molar-refractivity contribution in [3.8, 4) is 0 Å². The first-order valence-electron chi connectivity index (χ1n) is 7.20. The Labute approximate surface area is 110 Å². The molecule has 18 heavy (non-hydrogen) atoms. The highest BCUT2D eigenvalue weighted by Crippen LogP contribution is 2.26. The van der Waals surface area contributed by atoms with Crippen LogP contribution in [0.15, 0.2) is 24.3 Å². The van der Waals surface area contributed by atoms with Gasteiger partial charge in [-0.1, -0.05) is 24.3 Å². The molecule has 0 spiro atoms. The zero-order chi connectivity index (χ0) is 12.6. The van der Waals surface area contributed by atoms with Crippen molar-refractivity contribution in [1.82, 2.24) is 10.2 Å². The van der Waals surface area contributed by atoms with Crippen molar-refractivity contribution in [1.29, 1.82) is 0 Å². The van der Waals surface area contributed by atoms with Gasteiger partial charge in [-0.05, 0) is 44.2 Å². The molecule has 0 saturated carbocycles. The molecule has 1 aliphatic carbocycles. The number of benzene rings is 1. The number of aryl methyl sites for hydroxylation is 1. The van der Waals surface area contributed by atoms with Gasteiger partial charge < -0.3 is 5.32 Å². The van der Waals surface area contributed by atoms with E-state index in [9.17, 15) is 0 Å². The third kappa shape index (κ3) is 2.45. The summed E-state index contributed by atoms with van der Waals surface area (Å²) in [6.45, 7) is 8.15. The number of nitrogens with zero attached hydrogens (tertiary/aromatic N) is 1. The van der Waals surface area contributed by atoms with Crippen LogP contribution in [0.25, 0.3) is 0 Å². The molecule has 0 radical (unpaired) electrons. The fraction of sp³-hybridized carbons (Fsp3) is 0.625. The normalized spacial score (nSPS) is 27.8. The van der Waals surface area contributed by atoms with Crippen LogP contribution in [-0.4, -0.2) is 36.1 Å². The van der Waals surface area contributed by atoms with Crippen LogP contribution in [0.2, 0.25) is 0 Å². The van der Waals surface area contributed by atoms with Crippen LogP contribution in [0.5, 0.6) is 0 Å². The van der Waals surface area contributed by atoms with Crippen molar-refractivity contribution in [2.45, 2.75) is 44.7 Å². The predicted octanol–water partition coefficient (Wildman–Crippen LogP) is 2.23. The Morgan fingerprint density at radius 3 is 2.78 bits per heavy atom. The van der Waals surface area contributed by atoms with Gasteiger partial charge in [0.05, 0.1) is 0 Å². The van der Waals surface area contributed by atoms with Gasteiger partial charge in [-0.3, -0.25) is 4.90 Å². The lowest BCUT2D eigenvalue weighted by Gasteiger charge is -2.44. The number of rotatable bonds is 1. The van der Waals surface area contributed by atoms with Gasteiger partial charge in [-0.25, -0.2) is 0 Å². The molecule has 1 heterocycles. The zero-order valence-electron chi connectivity index (χ0n) is 11.6. The molecule has 0 amide bonds. The van der Waals surface area contributed by atoms with Gasteiger partial charge in [-0.2, -0.15) is 0 Å². The number of nitrogens with one attached hydrogen (secondary N) is 1. The van der Waals surface area contributed by atoms with E-state index < -0.39 is 0 Å². The van der Waals surface area contributed by atoms with E-state index in [0.29, 0.717) is 0 Å². The SMILES string of the molecule is CC1(C)CN(C2CCc3ccccc3C2)CCN1. The molecule has 2 heteroatoms. The minimum atomic E-state index is 0.273. The Hall–Kier alpha value is -0.860. The van der Waals surface area contributed by atoms with Gasteiger partial charge in [-0.15, -0.1) is 0 Å². The van der Waals surface area contributed by atoms with E-state index in [-0.39, 0.29) is 5.54 Å². The molecular formula is C16H24N2. The molecule has 1 aromatic rings. The third-order valence-corrected chi connectivity index (χ3v) is 4.44. The molecule has 2 aliphatic rings. The topological polar surface area (TPSA) is 15.3 Å². The summed E-state index contributed by atoms with van der Waals surface area (Å²) in [6.07, 6.45) is 3.82. The van der Waals surface area contributed by atoms with Crippen LogP contribution in [-0.2, 0) is 12.8 Å². The fourth-order valence-corrected chi connectivity index (χ4v) is 3.48. The molecule has 1 fully saturated rings. The first kappa shape index (κ1) is 12.2. The standard InChI is InChI=1S/C16H24N2/c1-16(2)12-18(10-9-17-16)15-8-7-13-5-3-4-6-14(13)11-15/h3-6,15,17H,7-12H2,1-2H3. The summed E-state index contributed by atoms with van der Waals surface area (Å²) in [5.41, 5.74) is 3.42. The molecule has 1 N–H and O–H groups in total. The average molecular weight is 244 g/mol. The summed E-state index contributed by atoms with van der Waals surface area (Å²) in [4.78, 5) is 2.70. The minimum Gasteiger partial charge on any atom is -0.309 e. The average Bonchev–Trinajstić information content (AvgIpc) is 2.37. The summed E-state index contributed by atoms with van der Waals surface area (Å²) >= 11 is 0. The first-order valence-corrected chi connectivity index (χ1v) is 7.20. The highest BCUT2D eigenvalue weighted by atomic mass is 15.2. The maximum absolute atomic E-state index is 3.60. The molecule has 0 aromatic heterocycles. The Bertz CT molecular complexity index is 425. The third-order valence-electron chi connectivity index (χ3n) is 4.44. The number of hydrogen-bond donors (Lipinski definition) is 1. The van der Waals surface area contributed by atoms with E-state index in [1.807, 2.05) is 0 Å². The lowest BCUT2D eigenvalue weighted by atomic mass is 9.86. The van der Waals surface area contributed by atoms with Crippen LogP contribution in [0, 0.1) is 0 Å². The van der Waals surface area contributed by atoms with Crippen molar-refractivity contribution < 1.29 is 0 Å². The molecule has 1 aromatic carbocycles. The Morgan fingerprint density at radius 1 is 1.22 bits per heavy atom. The van der Waals surface area contributed by atoms with Gasteiger partial charge in [0.2, 0.25) is 0 Å². The summed E-state index contributed by atoms with van der Waals surface area (Å²) in [5.74, 6) is 0. The van der Waals surface area contributed by atoms with Gasteiger partial charge in [0, 0.05) is 31.2 Å². The Kier molecular flexibility index (Phi) is 3.16. The van der Waals surface area contributed by atoms with Gasteiger partial charge in [0.25, 0.3) is 0 Å². The Balaban J connectivity index is 1.72. The zero-order valence-corrected chi connectivity index (χ0v) is 11.6. The van der Waals surface area contributed by atoms with E-state index in [2.05, 4.69) is 48.3 Å². The molecule has 98 valence electrons. The van der Waals surface area contributed by atoms with E-state index in [1.165, 1.54) is 32.4 Å². The molecule has 1 unspecified atom stereocenters. The summed E-state index contributed by atoms with van der Waals surface area (Å²) in [6, 6.07) is 9.72. The second-order valence-electron chi connectivity index (χ2n) is 6.45. The van der Waals surface area contributed by atoms with Crippen LogP contribution in [0.3, 0.4) is 0 Å². The van der Waals surface area contributed by atoms with Crippen molar-refractivity contribution >= 4 is 0 Å². The second kappa shape index (κ2) is 4.67. The minimum absolute atomic E-state index is 0.273. The predicted molar refractivity (Wildman–Crippen MR) is 75.9 cm³/mol. The number of piperazine rings is 1. The van der Waals surface area contributed by atoms with Gasteiger partial charge >= 0.3 is 0 Å². The second-order valence-corrected chi connectivity index (χ2v) is 6.45. The van der Waals surface area contributed by atoms with Crippen LogP contribution in [0.1, 0.15) is 31.4 Å². The van der Waals surface area contributed by atoms with Crippen molar-refractivity contribution in [3.63, 3.8) is 0 Å². The van der Waals surface area contributed by atoms with Gasteiger partial charge in [0.15, 0.2) is 0 Å². The quantitative estimate of drug-likeness (QED) is 0.815. The molecule has 1 saturated heterocycles. The lowest BCUT2D eigenvalue weighted by molar-refractivity contribution is 0.101. The number of fused-ring (bicyclic) bond motifs is 1. The summed E-state index contributed by atoms with van der Waals surface area (Å²) in [7, 11) is 0. The van der Waals surface area contributed by atoms with E-state index >= 15 is 0 Å². The van der Waals surface area contributed by atoms with Crippen molar-refractivity contribution in [2.75, 3.05) is 19.6 Å². The van der Waals surface area contributed by atoms with E-state index in [4.69, 9.17) is 0 Å². The van der Waals surface area contributed by atoms with Crippen molar-refractivity contribution in [3.05, 3.63) is 35.4 Å². The smallest absolute Gasteiger partial charge is 0.0252 e. The first-order chi connectivity index (χ1) is 8.64. The van der Waals surface area contributed by atoms with Crippen LogP contribution in [0.4, 0.5) is 0 Å². The summed E-state index contributed by atoms with van der Waals surface area (Å²) < 4.78 is 0. The van der Waals surface area contributed by atoms with Gasteiger partial charge in [0.1, 0.15) is 0 Å². The molecule has 1 aliphatic heterocycles. The number of hydrogen-bond acceptors (Lipinski definition) is 2. The van der Waals surface area contributed by atoms with Crippen molar-refractivity contribution in [2.24, 2.45) is 0 Å². The maximum atomic E-state index is 3.60. The monoisotopic (exact) mass is 244 g/mol. The van der Waals surface area contributed by atoms with E-state index in [0.717, 1.165) is 12.6 Å². The fourth-order valence-electron chi connectivity index (χ4n) is 3.48. The summed E-state index contributed by atoms with van der Waals surface area (Å²) in [5, 5.41) is 3.60. The van der Waals surface area contributed by atoms with E-state index in [1.54, 1.807) is 11.1 Å². The highest BCUT2D eigenvalue weighted by molar-refractivity contribution is 5.30. The molecule has 0 bridgehead atoms. The molecule has 3 rings (SSSR count). The van der Waals surface area contributed by atoms with Crippen LogP contribution < -0.4 is 5.32 Å².